The molecule has 0 aliphatic carbocycles. The number of hydrogen-bond acceptors (Lipinski definition) is 12. The molecule has 264 valence electrons. The van der Waals surface area contributed by atoms with Crippen molar-refractivity contribution >= 4 is 115 Å². The molecule has 0 heterocycles. The Morgan fingerprint density at radius 2 is 0.578 bits per heavy atom. The molecule has 0 aromatic heterocycles. The Hall–Kier alpha value is 1.76. The van der Waals surface area contributed by atoms with E-state index in [-0.39, 0.29) is 46.1 Å². The van der Waals surface area contributed by atoms with Crippen molar-refractivity contribution in [2.45, 2.75) is 161 Å². The van der Waals surface area contributed by atoms with E-state index >= 15 is 0 Å². The molecule has 0 aromatic carbocycles. The van der Waals surface area contributed by atoms with Gasteiger partial charge in [0, 0.05) is 0 Å². The number of ether oxygens (including phenoxy) is 4. The molecule has 13 heteroatoms. The SMILES string of the molecule is CCC(OC(=S)[S][Sn]([S]C(=S)OC(CC)C(C)(C)C)([S]C(=S)OC(CC)C(C)(C)C)[S]C(=S)OC(CC)C(C)(C)C)C(C)(C)C. The summed E-state index contributed by atoms with van der Waals surface area (Å²) in [5, 5.41) is 0. The van der Waals surface area contributed by atoms with Crippen LogP contribution in [0.2, 0.25) is 0 Å². The second-order valence-corrected chi connectivity index (χ2v) is 56.9. The molecule has 0 spiro atoms. The third kappa shape index (κ3) is 18.0. The van der Waals surface area contributed by atoms with Gasteiger partial charge in [0.15, 0.2) is 0 Å². The molecule has 4 atom stereocenters. The van der Waals surface area contributed by atoms with Crippen LogP contribution >= 0.6 is 84.7 Å². The fourth-order valence-corrected chi connectivity index (χ4v) is 63.7. The molecule has 0 fully saturated rings. The van der Waals surface area contributed by atoms with Gasteiger partial charge in [0.1, 0.15) is 0 Å². The van der Waals surface area contributed by atoms with Gasteiger partial charge in [0.25, 0.3) is 0 Å². The summed E-state index contributed by atoms with van der Waals surface area (Å²) < 4.78 is 27.9. The van der Waals surface area contributed by atoms with Crippen molar-refractivity contribution in [3.63, 3.8) is 0 Å². The summed E-state index contributed by atoms with van der Waals surface area (Å²) in [5.41, 5.74) is -0.320. The van der Waals surface area contributed by atoms with E-state index in [2.05, 4.69) is 111 Å². The summed E-state index contributed by atoms with van der Waals surface area (Å²) in [4.78, 5) is 0. The molecule has 0 N–H and O–H groups in total. The Kier molecular flexibility index (Phi) is 20.7. The molecule has 0 rings (SSSR count). The van der Waals surface area contributed by atoms with Crippen molar-refractivity contribution in [3.8, 4) is 0 Å². The Bertz CT molecular complexity index is 822. The first-order valence-electron chi connectivity index (χ1n) is 15.8. The van der Waals surface area contributed by atoms with E-state index < -0.39 is 12.8 Å². The molecule has 0 aliphatic rings. The molecule has 0 radical (unpaired) electrons. The van der Waals surface area contributed by atoms with Crippen LogP contribution in [0.25, 0.3) is 0 Å². The van der Waals surface area contributed by atoms with Gasteiger partial charge in [-0.2, -0.15) is 0 Å². The van der Waals surface area contributed by atoms with Crippen molar-refractivity contribution in [1.82, 2.24) is 0 Å². The predicted octanol–water partition coefficient (Wildman–Crippen LogP) is 12.9. The molecule has 4 unspecified atom stereocenters. The number of thiocarbonyl (C=S) groups is 4. The van der Waals surface area contributed by atoms with Crippen LogP contribution in [0.3, 0.4) is 0 Å². The zero-order valence-corrected chi connectivity index (χ0v) is 39.9. The van der Waals surface area contributed by atoms with Gasteiger partial charge in [0.05, 0.1) is 0 Å². The third-order valence-corrected chi connectivity index (χ3v) is 50.7. The second-order valence-electron chi connectivity index (χ2n) is 15.4. The van der Waals surface area contributed by atoms with E-state index in [1.54, 1.807) is 35.8 Å². The molecule has 0 bridgehead atoms. The third-order valence-electron chi connectivity index (χ3n) is 7.13. The summed E-state index contributed by atoms with van der Waals surface area (Å²) in [7, 11) is 6.28. The van der Waals surface area contributed by atoms with Crippen molar-refractivity contribution in [2.24, 2.45) is 21.7 Å². The fraction of sp³-hybridized carbons (Fsp3) is 0.875. The van der Waals surface area contributed by atoms with E-state index in [1.165, 1.54) is 0 Å². The quantitative estimate of drug-likeness (QED) is 0.138. The summed E-state index contributed by atoms with van der Waals surface area (Å²) in [6.07, 6.45) is 3.16. The Balaban J connectivity index is 6.87. The van der Waals surface area contributed by atoms with Crippen molar-refractivity contribution in [3.05, 3.63) is 0 Å². The zero-order chi connectivity index (χ0) is 35.6. The van der Waals surface area contributed by atoms with Crippen LogP contribution in [0, 0.1) is 21.7 Å². The first-order chi connectivity index (χ1) is 20.2. The van der Waals surface area contributed by atoms with Crippen LogP contribution in [0.4, 0.5) is 0 Å². The average molecular weight is 884 g/mol. The fourth-order valence-electron chi connectivity index (χ4n) is 4.58. The van der Waals surface area contributed by atoms with E-state index in [9.17, 15) is 0 Å². The average Bonchev–Trinajstić information content (AvgIpc) is 2.84. The monoisotopic (exact) mass is 884 g/mol. The Labute approximate surface area is 313 Å². The van der Waals surface area contributed by atoms with Gasteiger partial charge in [-0.25, -0.2) is 0 Å². The van der Waals surface area contributed by atoms with Gasteiger partial charge < -0.3 is 0 Å². The topological polar surface area (TPSA) is 36.9 Å². The van der Waals surface area contributed by atoms with E-state index in [0.717, 1.165) is 25.7 Å². The Morgan fingerprint density at radius 1 is 0.422 bits per heavy atom. The van der Waals surface area contributed by atoms with Gasteiger partial charge >= 0.3 is 317 Å². The molecule has 0 saturated carbocycles. The number of rotatable bonds is 12. The molecule has 0 aromatic rings. The van der Waals surface area contributed by atoms with Gasteiger partial charge in [-0.05, 0) is 0 Å². The van der Waals surface area contributed by atoms with Gasteiger partial charge in [-0.1, -0.05) is 0 Å². The number of hydrogen-bond donors (Lipinski definition) is 0. The molecule has 0 amide bonds. The summed E-state index contributed by atoms with van der Waals surface area (Å²) in [6.45, 7) is 34.5. The maximum atomic E-state index is 6.49. The van der Waals surface area contributed by atoms with Crippen LogP contribution in [0.5, 0.6) is 0 Å². The zero-order valence-electron chi connectivity index (χ0n) is 30.5. The van der Waals surface area contributed by atoms with E-state index in [1.807, 2.05) is 0 Å². The standard InChI is InChI=1S/4C8H16OS2.Sn/c4*1-5-6(8(2,3)4)9-7(10)11;/h4*6H,5H2,1-4H3,(H,10,11);/q;;;;+4/p-4. The van der Waals surface area contributed by atoms with Crippen molar-refractivity contribution < 1.29 is 18.9 Å². The minimum absolute atomic E-state index is 0.0443. The van der Waals surface area contributed by atoms with Gasteiger partial charge in [0.2, 0.25) is 0 Å². The van der Waals surface area contributed by atoms with Gasteiger partial charge in [-0.15, -0.1) is 0 Å². The van der Waals surface area contributed by atoms with Crippen LogP contribution in [-0.2, 0) is 18.9 Å². The van der Waals surface area contributed by atoms with Crippen LogP contribution in [0.15, 0.2) is 0 Å². The first-order valence-corrected chi connectivity index (χ1v) is 34.7. The first kappa shape index (κ1) is 46.8. The normalized spacial score (nSPS) is 16.9. The summed E-state index contributed by atoms with van der Waals surface area (Å²) >= 11 is 19.9. The van der Waals surface area contributed by atoms with E-state index in [0.29, 0.717) is 17.5 Å². The minimum atomic E-state index is -4.04. The summed E-state index contributed by atoms with van der Waals surface area (Å²) in [5.74, 6) is 0. The molecular weight excluding hydrogens is 824 g/mol. The summed E-state index contributed by atoms with van der Waals surface area (Å²) in [6, 6.07) is 0. The molecule has 0 aliphatic heterocycles. The molecular formula is C32H60O4S8Sn. The molecule has 0 saturated heterocycles. The predicted molar refractivity (Wildman–Crippen MR) is 225 cm³/mol. The van der Waals surface area contributed by atoms with Gasteiger partial charge in [-0.3, -0.25) is 0 Å². The van der Waals surface area contributed by atoms with E-state index in [4.69, 9.17) is 67.8 Å². The molecule has 4 nitrogen and oxygen atoms in total. The van der Waals surface area contributed by atoms with Crippen molar-refractivity contribution in [1.29, 1.82) is 0 Å². The second kappa shape index (κ2) is 20.0. The Morgan fingerprint density at radius 3 is 0.689 bits per heavy atom. The van der Waals surface area contributed by atoms with Crippen molar-refractivity contribution in [2.75, 3.05) is 0 Å². The van der Waals surface area contributed by atoms with Crippen LogP contribution < -0.4 is 0 Å². The van der Waals surface area contributed by atoms with Crippen LogP contribution in [0.1, 0.15) is 136 Å². The maximum absolute atomic E-state index is 6.49. The molecule has 45 heavy (non-hydrogen) atoms. The van der Waals surface area contributed by atoms with Crippen LogP contribution in [-0.4, -0.2) is 54.8 Å².